The van der Waals surface area contributed by atoms with E-state index >= 15 is 0 Å². The summed E-state index contributed by atoms with van der Waals surface area (Å²) in [5.74, 6) is -0.0667. The van der Waals surface area contributed by atoms with Crippen molar-refractivity contribution in [2.45, 2.75) is 26.4 Å². The number of hydrogen-bond acceptors (Lipinski definition) is 3. The van der Waals surface area contributed by atoms with Crippen LogP contribution in [0.15, 0.2) is 90.9 Å². The van der Waals surface area contributed by atoms with Gasteiger partial charge in [-0.2, -0.15) is 0 Å². The minimum absolute atomic E-state index is 0.00158. The summed E-state index contributed by atoms with van der Waals surface area (Å²) in [5.41, 5.74) is 5.60. The number of aliphatic carboxylic acids is 1. The number of carboxylic acids is 1. The van der Waals surface area contributed by atoms with Gasteiger partial charge in [0.1, 0.15) is 12.4 Å². The number of benzene rings is 1. The number of fused-ring (bicyclic) bond motifs is 1. The molecule has 5 nitrogen and oxygen atoms in total. The number of carbonyl (C=O) groups is 1. The first kappa shape index (κ1) is 20.4. The predicted octanol–water partition coefficient (Wildman–Crippen LogP) is 5.43. The lowest BCUT2D eigenvalue weighted by Gasteiger charge is -2.14. The number of ether oxygens (including phenoxy) is 1. The van der Waals surface area contributed by atoms with E-state index in [9.17, 15) is 9.90 Å². The van der Waals surface area contributed by atoms with E-state index < -0.39 is 5.97 Å². The van der Waals surface area contributed by atoms with Crippen molar-refractivity contribution < 1.29 is 14.6 Å². The first-order chi connectivity index (χ1) is 15.0. The normalized spacial score (nSPS) is 13.5. The maximum absolute atomic E-state index is 11.2. The molecule has 0 atom stereocenters. The van der Waals surface area contributed by atoms with E-state index in [1.54, 1.807) is 6.20 Å². The van der Waals surface area contributed by atoms with E-state index in [1.807, 2.05) is 67.6 Å². The van der Waals surface area contributed by atoms with Crippen LogP contribution in [0.1, 0.15) is 23.4 Å². The highest BCUT2D eigenvalue weighted by atomic mass is 16.5. The maximum atomic E-state index is 11.2. The summed E-state index contributed by atoms with van der Waals surface area (Å²) in [6.07, 6.45) is 10.5. The van der Waals surface area contributed by atoms with Crippen molar-refractivity contribution in [3.8, 4) is 0 Å². The van der Waals surface area contributed by atoms with Crippen LogP contribution in [0.25, 0.3) is 16.6 Å². The van der Waals surface area contributed by atoms with Gasteiger partial charge in [-0.1, -0.05) is 36.9 Å². The summed E-state index contributed by atoms with van der Waals surface area (Å²) in [5, 5.41) is 10.2. The van der Waals surface area contributed by atoms with Gasteiger partial charge in [0.05, 0.1) is 17.6 Å². The number of aromatic nitrogens is 2. The van der Waals surface area contributed by atoms with Gasteiger partial charge in [0.2, 0.25) is 0 Å². The van der Waals surface area contributed by atoms with Crippen molar-refractivity contribution in [2.75, 3.05) is 0 Å². The van der Waals surface area contributed by atoms with Crippen LogP contribution in [-0.4, -0.2) is 20.6 Å². The Morgan fingerprint density at radius 2 is 2.10 bits per heavy atom. The molecule has 0 unspecified atom stereocenters. The van der Waals surface area contributed by atoms with Crippen LogP contribution < -0.4 is 0 Å². The third kappa shape index (κ3) is 4.51. The molecule has 31 heavy (non-hydrogen) atoms. The molecule has 0 saturated heterocycles. The first-order valence-corrected chi connectivity index (χ1v) is 10.1. The van der Waals surface area contributed by atoms with Crippen molar-refractivity contribution in [1.82, 2.24) is 9.55 Å². The Kier molecular flexibility index (Phi) is 5.85. The Morgan fingerprint density at radius 1 is 1.23 bits per heavy atom. The lowest BCUT2D eigenvalue weighted by Crippen LogP contribution is -2.02. The Labute approximate surface area is 181 Å². The minimum Gasteiger partial charge on any atom is -0.487 e. The zero-order valence-electron chi connectivity index (χ0n) is 17.4. The molecule has 5 heteroatoms. The number of rotatable bonds is 7. The highest BCUT2D eigenvalue weighted by Gasteiger charge is 2.15. The highest BCUT2D eigenvalue weighted by Crippen LogP contribution is 2.31. The molecule has 0 fully saturated rings. The van der Waals surface area contributed by atoms with Crippen molar-refractivity contribution in [3.05, 3.63) is 108 Å². The molecule has 2 heterocycles. The van der Waals surface area contributed by atoms with Crippen LogP contribution in [0.5, 0.6) is 0 Å². The standard InChI is InChI=1S/C26H24N2O3/c1-18-15-24-21(16-26(29)30)8-6-11-25(24)28(18)19(2)20-7-5-10-23(13-12-20)31-17-22-9-3-4-14-27-22/h3-6,8-15H,2,7,16-17H2,1H3,(H,29,30). The first-order valence-electron chi connectivity index (χ1n) is 10.1. The third-order valence-electron chi connectivity index (χ3n) is 5.28. The molecule has 0 aliphatic heterocycles. The van der Waals surface area contributed by atoms with Gasteiger partial charge in [0, 0.05) is 23.0 Å². The van der Waals surface area contributed by atoms with E-state index in [1.165, 1.54) is 0 Å². The van der Waals surface area contributed by atoms with E-state index in [-0.39, 0.29) is 6.42 Å². The van der Waals surface area contributed by atoms with Crippen LogP contribution in [0.3, 0.4) is 0 Å². The summed E-state index contributed by atoms with van der Waals surface area (Å²) in [6, 6.07) is 13.6. The van der Waals surface area contributed by atoms with Gasteiger partial charge < -0.3 is 14.4 Å². The van der Waals surface area contributed by atoms with E-state index in [0.717, 1.165) is 51.3 Å². The number of allylic oxidation sites excluding steroid dienone is 6. The van der Waals surface area contributed by atoms with Gasteiger partial charge >= 0.3 is 5.97 Å². The number of hydrogen-bond donors (Lipinski definition) is 1. The minimum atomic E-state index is -0.836. The highest BCUT2D eigenvalue weighted by molar-refractivity contribution is 5.91. The molecule has 1 aromatic carbocycles. The fraction of sp³-hybridized carbons (Fsp3) is 0.154. The molecular formula is C26H24N2O3. The largest absolute Gasteiger partial charge is 0.487 e. The molecule has 2 aromatic heterocycles. The van der Waals surface area contributed by atoms with Crippen molar-refractivity contribution >= 4 is 22.6 Å². The van der Waals surface area contributed by atoms with Gasteiger partial charge in [-0.25, -0.2) is 0 Å². The average Bonchev–Trinajstić information content (AvgIpc) is 2.93. The average molecular weight is 412 g/mol. The van der Waals surface area contributed by atoms with Gasteiger partial charge in [-0.05, 0) is 60.9 Å². The molecule has 3 aromatic rings. The van der Waals surface area contributed by atoms with Gasteiger partial charge in [0.25, 0.3) is 0 Å². The smallest absolute Gasteiger partial charge is 0.307 e. The summed E-state index contributed by atoms with van der Waals surface area (Å²) < 4.78 is 7.98. The molecule has 0 spiro atoms. The topological polar surface area (TPSA) is 64.4 Å². The monoisotopic (exact) mass is 412 g/mol. The second-order valence-corrected chi connectivity index (χ2v) is 7.47. The fourth-order valence-electron chi connectivity index (χ4n) is 3.80. The zero-order chi connectivity index (χ0) is 21.8. The number of nitrogens with zero attached hydrogens (tertiary/aromatic N) is 2. The van der Waals surface area contributed by atoms with E-state index in [2.05, 4.69) is 22.2 Å². The van der Waals surface area contributed by atoms with Crippen LogP contribution in [0.2, 0.25) is 0 Å². The van der Waals surface area contributed by atoms with Crippen molar-refractivity contribution in [2.24, 2.45) is 0 Å². The van der Waals surface area contributed by atoms with Crippen molar-refractivity contribution in [3.63, 3.8) is 0 Å². The Morgan fingerprint density at radius 3 is 2.87 bits per heavy atom. The molecule has 1 aliphatic carbocycles. The molecule has 4 rings (SSSR count). The molecule has 0 bridgehead atoms. The number of carboxylic acid groups (broad SMARTS) is 1. The molecule has 0 radical (unpaired) electrons. The van der Waals surface area contributed by atoms with Gasteiger partial charge in [-0.3, -0.25) is 9.78 Å². The molecule has 1 aliphatic rings. The zero-order valence-corrected chi connectivity index (χ0v) is 17.4. The second-order valence-electron chi connectivity index (χ2n) is 7.47. The lowest BCUT2D eigenvalue weighted by molar-refractivity contribution is -0.136. The van der Waals surface area contributed by atoms with Gasteiger partial charge in [0.15, 0.2) is 0 Å². The third-order valence-corrected chi connectivity index (χ3v) is 5.28. The Balaban J connectivity index is 1.59. The van der Waals surface area contributed by atoms with Gasteiger partial charge in [-0.15, -0.1) is 0 Å². The summed E-state index contributed by atoms with van der Waals surface area (Å²) in [4.78, 5) is 15.5. The molecule has 156 valence electrons. The number of aryl methyl sites for hydroxylation is 1. The summed E-state index contributed by atoms with van der Waals surface area (Å²) in [6.45, 7) is 6.77. The van der Waals surface area contributed by atoms with E-state index in [0.29, 0.717) is 6.61 Å². The summed E-state index contributed by atoms with van der Waals surface area (Å²) >= 11 is 0. The van der Waals surface area contributed by atoms with E-state index in [4.69, 9.17) is 4.74 Å². The van der Waals surface area contributed by atoms with Crippen LogP contribution >= 0.6 is 0 Å². The lowest BCUT2D eigenvalue weighted by atomic mass is 10.1. The maximum Gasteiger partial charge on any atom is 0.307 e. The Hall–Kier alpha value is -3.86. The van der Waals surface area contributed by atoms with Crippen LogP contribution in [0.4, 0.5) is 0 Å². The summed E-state index contributed by atoms with van der Waals surface area (Å²) in [7, 11) is 0. The molecular weight excluding hydrogens is 388 g/mol. The molecule has 0 amide bonds. The second kappa shape index (κ2) is 8.88. The quantitative estimate of drug-likeness (QED) is 0.562. The fourth-order valence-corrected chi connectivity index (χ4v) is 3.80. The molecule has 1 N–H and O–H groups in total. The predicted molar refractivity (Wildman–Crippen MR) is 122 cm³/mol. The molecule has 0 saturated carbocycles. The number of pyridine rings is 1. The Bertz CT molecular complexity index is 1230. The van der Waals surface area contributed by atoms with Crippen LogP contribution in [0, 0.1) is 6.92 Å². The van der Waals surface area contributed by atoms with Crippen LogP contribution in [-0.2, 0) is 22.6 Å². The van der Waals surface area contributed by atoms with Crippen molar-refractivity contribution in [1.29, 1.82) is 0 Å². The SMILES string of the molecule is C=C(C1=CC=C(OCc2ccccn2)C=CC1)n1c(C)cc2c(CC(=O)O)cccc21.